The van der Waals surface area contributed by atoms with E-state index in [1.807, 2.05) is 0 Å². The van der Waals surface area contributed by atoms with E-state index < -0.39 is 0 Å². The summed E-state index contributed by atoms with van der Waals surface area (Å²) in [7, 11) is 0. The standard InChI is InChI=1S/C16H18ClN5O/c17-13-6-7-14(15(10-13)22-11-19-20-21-22)16(23)18-9-8-12-4-2-1-3-5-12/h4,6-7,10-11H,1-3,5,8-9H2,(H,18,23). The zero-order valence-electron chi connectivity index (χ0n) is 12.7. The number of nitrogens with one attached hydrogen (secondary N) is 1. The smallest absolute Gasteiger partial charge is 0.253 e. The summed E-state index contributed by atoms with van der Waals surface area (Å²) < 4.78 is 1.43. The van der Waals surface area contributed by atoms with Crippen LogP contribution in [0.4, 0.5) is 0 Å². The van der Waals surface area contributed by atoms with Crippen LogP contribution in [0.2, 0.25) is 5.02 Å². The van der Waals surface area contributed by atoms with E-state index in [-0.39, 0.29) is 5.91 Å². The van der Waals surface area contributed by atoms with Gasteiger partial charge in [-0.3, -0.25) is 4.79 Å². The van der Waals surface area contributed by atoms with Crippen molar-refractivity contribution in [1.82, 2.24) is 25.5 Å². The fourth-order valence-electron chi connectivity index (χ4n) is 2.72. The van der Waals surface area contributed by atoms with Crippen molar-refractivity contribution in [3.05, 3.63) is 46.8 Å². The largest absolute Gasteiger partial charge is 0.352 e. The predicted molar refractivity (Wildman–Crippen MR) is 87.7 cm³/mol. The highest BCUT2D eigenvalue weighted by Crippen LogP contribution is 2.21. The molecule has 1 heterocycles. The van der Waals surface area contributed by atoms with E-state index in [0.717, 1.165) is 19.3 Å². The summed E-state index contributed by atoms with van der Waals surface area (Å²) >= 11 is 6.02. The molecule has 0 radical (unpaired) electrons. The number of hydrogen-bond acceptors (Lipinski definition) is 4. The number of benzene rings is 1. The summed E-state index contributed by atoms with van der Waals surface area (Å²) in [6.45, 7) is 0.627. The molecule has 0 atom stereocenters. The Kier molecular flexibility index (Phi) is 5.02. The summed E-state index contributed by atoms with van der Waals surface area (Å²) in [4.78, 5) is 12.5. The number of amides is 1. The second-order valence-corrected chi connectivity index (χ2v) is 5.97. The van der Waals surface area contributed by atoms with E-state index in [2.05, 4.69) is 26.9 Å². The average Bonchev–Trinajstić information content (AvgIpc) is 3.10. The van der Waals surface area contributed by atoms with E-state index >= 15 is 0 Å². The Hall–Kier alpha value is -2.21. The van der Waals surface area contributed by atoms with Crippen molar-refractivity contribution >= 4 is 17.5 Å². The van der Waals surface area contributed by atoms with Crippen LogP contribution in [0.15, 0.2) is 36.2 Å². The maximum atomic E-state index is 12.5. The maximum absolute atomic E-state index is 12.5. The summed E-state index contributed by atoms with van der Waals surface area (Å²) in [6, 6.07) is 5.05. The predicted octanol–water partition coefficient (Wildman–Crippen LogP) is 2.94. The third-order valence-electron chi connectivity index (χ3n) is 3.92. The molecule has 0 unspecified atom stereocenters. The molecule has 0 saturated carbocycles. The number of aromatic nitrogens is 4. The number of nitrogens with zero attached hydrogens (tertiary/aromatic N) is 4. The molecule has 0 fully saturated rings. The van der Waals surface area contributed by atoms with Gasteiger partial charge in [0.15, 0.2) is 0 Å². The Morgan fingerprint density at radius 2 is 2.26 bits per heavy atom. The van der Waals surface area contributed by atoms with Crippen LogP contribution in [0.3, 0.4) is 0 Å². The van der Waals surface area contributed by atoms with Gasteiger partial charge in [-0.1, -0.05) is 23.3 Å². The number of tetrazole rings is 1. The number of carbonyl (C=O) groups is 1. The number of carbonyl (C=O) groups excluding carboxylic acids is 1. The van der Waals surface area contributed by atoms with Crippen LogP contribution in [0.25, 0.3) is 5.69 Å². The van der Waals surface area contributed by atoms with Gasteiger partial charge in [-0.05, 0) is 60.7 Å². The third kappa shape index (κ3) is 3.96. The minimum Gasteiger partial charge on any atom is -0.352 e. The number of rotatable bonds is 5. The quantitative estimate of drug-likeness (QED) is 0.855. The summed E-state index contributed by atoms with van der Waals surface area (Å²) in [5, 5.41) is 14.5. The van der Waals surface area contributed by atoms with Crippen LogP contribution >= 0.6 is 11.6 Å². The van der Waals surface area contributed by atoms with Crippen molar-refractivity contribution in [1.29, 1.82) is 0 Å². The number of halogens is 1. The Morgan fingerprint density at radius 3 is 3.00 bits per heavy atom. The monoisotopic (exact) mass is 331 g/mol. The lowest BCUT2D eigenvalue weighted by Gasteiger charge is -2.14. The zero-order valence-corrected chi connectivity index (χ0v) is 13.5. The first-order chi connectivity index (χ1) is 11.2. The molecule has 2 aromatic rings. The lowest BCUT2D eigenvalue weighted by atomic mass is 9.97. The van der Waals surface area contributed by atoms with Gasteiger partial charge in [-0.25, -0.2) is 0 Å². The lowest BCUT2D eigenvalue weighted by molar-refractivity contribution is 0.0954. The first-order valence-corrected chi connectivity index (χ1v) is 8.11. The molecule has 0 aliphatic heterocycles. The molecule has 1 aromatic carbocycles. The second-order valence-electron chi connectivity index (χ2n) is 5.53. The fourth-order valence-corrected chi connectivity index (χ4v) is 2.89. The molecule has 7 heteroatoms. The van der Waals surface area contributed by atoms with E-state index in [0.29, 0.717) is 22.8 Å². The Morgan fingerprint density at radius 1 is 1.35 bits per heavy atom. The lowest BCUT2D eigenvalue weighted by Crippen LogP contribution is -2.26. The molecule has 0 saturated heterocycles. The van der Waals surface area contributed by atoms with Crippen LogP contribution in [0.1, 0.15) is 42.5 Å². The molecule has 1 aromatic heterocycles. The minimum absolute atomic E-state index is 0.149. The van der Waals surface area contributed by atoms with Crippen molar-refractivity contribution in [2.24, 2.45) is 0 Å². The highest BCUT2D eigenvalue weighted by Gasteiger charge is 2.14. The zero-order chi connectivity index (χ0) is 16.1. The fraction of sp³-hybridized carbons (Fsp3) is 0.375. The van der Waals surface area contributed by atoms with Gasteiger partial charge in [-0.2, -0.15) is 4.68 Å². The molecule has 23 heavy (non-hydrogen) atoms. The van der Waals surface area contributed by atoms with E-state index in [4.69, 9.17) is 11.6 Å². The topological polar surface area (TPSA) is 72.7 Å². The molecule has 3 rings (SSSR count). The van der Waals surface area contributed by atoms with Crippen LogP contribution in [0, 0.1) is 0 Å². The van der Waals surface area contributed by atoms with Crippen molar-refractivity contribution in [2.75, 3.05) is 6.54 Å². The van der Waals surface area contributed by atoms with Crippen LogP contribution in [-0.2, 0) is 0 Å². The third-order valence-corrected chi connectivity index (χ3v) is 4.15. The van der Waals surface area contributed by atoms with Crippen LogP contribution in [0.5, 0.6) is 0 Å². The molecule has 1 aliphatic carbocycles. The first kappa shape index (κ1) is 15.7. The maximum Gasteiger partial charge on any atom is 0.253 e. The highest BCUT2D eigenvalue weighted by molar-refractivity contribution is 6.31. The van der Waals surface area contributed by atoms with Crippen molar-refractivity contribution in [3.63, 3.8) is 0 Å². The Labute approximate surface area is 139 Å². The Bertz CT molecular complexity index is 711. The molecule has 0 bridgehead atoms. The number of hydrogen-bond donors (Lipinski definition) is 1. The SMILES string of the molecule is O=C(NCCC1=CCCCC1)c1ccc(Cl)cc1-n1cnnn1. The van der Waals surface area contributed by atoms with Crippen molar-refractivity contribution < 1.29 is 4.79 Å². The van der Waals surface area contributed by atoms with Gasteiger partial charge in [0.2, 0.25) is 0 Å². The van der Waals surface area contributed by atoms with Gasteiger partial charge in [0.05, 0.1) is 11.3 Å². The van der Waals surface area contributed by atoms with Gasteiger partial charge < -0.3 is 5.32 Å². The first-order valence-electron chi connectivity index (χ1n) is 7.73. The van der Waals surface area contributed by atoms with Crippen LogP contribution < -0.4 is 5.32 Å². The molecule has 120 valence electrons. The second kappa shape index (κ2) is 7.37. The molecular formula is C16H18ClN5O. The summed E-state index contributed by atoms with van der Waals surface area (Å²) in [5.74, 6) is -0.149. The Balaban J connectivity index is 1.68. The van der Waals surface area contributed by atoms with Gasteiger partial charge in [0, 0.05) is 11.6 Å². The molecule has 6 nitrogen and oxygen atoms in total. The van der Waals surface area contributed by atoms with E-state index in [9.17, 15) is 4.79 Å². The van der Waals surface area contributed by atoms with Gasteiger partial charge in [0.25, 0.3) is 5.91 Å². The van der Waals surface area contributed by atoms with Gasteiger partial charge in [-0.15, -0.1) is 5.10 Å². The summed E-state index contributed by atoms with van der Waals surface area (Å²) in [5.41, 5.74) is 2.50. The molecule has 1 amide bonds. The number of allylic oxidation sites excluding steroid dienone is 1. The van der Waals surface area contributed by atoms with Gasteiger partial charge in [0.1, 0.15) is 6.33 Å². The van der Waals surface area contributed by atoms with Gasteiger partial charge >= 0.3 is 0 Å². The highest BCUT2D eigenvalue weighted by atomic mass is 35.5. The minimum atomic E-state index is -0.149. The summed E-state index contributed by atoms with van der Waals surface area (Å²) in [6.07, 6.45) is 9.46. The van der Waals surface area contributed by atoms with E-state index in [1.54, 1.807) is 18.2 Å². The van der Waals surface area contributed by atoms with E-state index in [1.165, 1.54) is 29.4 Å². The van der Waals surface area contributed by atoms with Crippen molar-refractivity contribution in [2.45, 2.75) is 32.1 Å². The molecular weight excluding hydrogens is 314 g/mol. The normalized spacial score (nSPS) is 14.4. The molecule has 0 spiro atoms. The average molecular weight is 332 g/mol. The molecule has 1 aliphatic rings. The molecule has 1 N–H and O–H groups in total. The van der Waals surface area contributed by atoms with Crippen molar-refractivity contribution in [3.8, 4) is 5.69 Å². The van der Waals surface area contributed by atoms with Crippen LogP contribution in [-0.4, -0.2) is 32.7 Å².